The van der Waals surface area contributed by atoms with E-state index in [0.717, 1.165) is 0 Å². The Balaban J connectivity index is 3.79. The first-order valence-electron chi connectivity index (χ1n) is 3.80. The zero-order valence-electron chi connectivity index (χ0n) is 7.37. The van der Waals surface area contributed by atoms with Gasteiger partial charge in [0.15, 0.2) is 0 Å². The maximum absolute atomic E-state index is 11.3. The van der Waals surface area contributed by atoms with Crippen LogP contribution in [0.2, 0.25) is 0 Å². The molecule has 0 bridgehead atoms. The van der Waals surface area contributed by atoms with Gasteiger partial charge in [0.2, 0.25) is 0 Å². The third kappa shape index (κ3) is 1.84. The van der Waals surface area contributed by atoms with Gasteiger partial charge in [-0.3, -0.25) is 4.79 Å². The first kappa shape index (κ1) is 9.25. The smallest absolute Gasteiger partial charge is 0.260 e. The van der Waals surface area contributed by atoms with Crippen LogP contribution in [0.3, 0.4) is 0 Å². The molecule has 13 heavy (non-hydrogen) atoms. The third-order valence-corrected chi connectivity index (χ3v) is 1.55. The molecule has 0 aliphatic carbocycles. The quantitative estimate of drug-likeness (QED) is 0.562. The lowest BCUT2D eigenvalue weighted by Crippen LogP contribution is -2.44. The van der Waals surface area contributed by atoms with Gasteiger partial charge in [-0.2, -0.15) is 0 Å². The SMILES string of the molecule is C=C/C=c1/nc(C)[nH]c(=O)/c1=C/N. The molecular weight excluding hydrogens is 166 g/mol. The zero-order chi connectivity index (χ0) is 9.84. The predicted molar refractivity (Wildman–Crippen MR) is 52.2 cm³/mol. The van der Waals surface area contributed by atoms with Crippen LogP contribution in [-0.4, -0.2) is 9.97 Å². The average Bonchev–Trinajstić information content (AvgIpc) is 2.04. The van der Waals surface area contributed by atoms with E-state index in [2.05, 4.69) is 16.5 Å². The third-order valence-electron chi connectivity index (χ3n) is 1.55. The summed E-state index contributed by atoms with van der Waals surface area (Å²) in [5.41, 5.74) is 5.06. The van der Waals surface area contributed by atoms with Gasteiger partial charge in [-0.05, 0) is 13.0 Å². The number of hydrogen-bond donors (Lipinski definition) is 2. The molecular formula is C9H11N3O. The number of nitrogens with zero attached hydrogens (tertiary/aromatic N) is 1. The highest BCUT2D eigenvalue weighted by Gasteiger charge is 1.93. The van der Waals surface area contributed by atoms with Crippen LogP contribution in [0.4, 0.5) is 0 Å². The molecule has 1 aromatic heterocycles. The maximum atomic E-state index is 11.3. The Morgan fingerprint density at radius 1 is 1.62 bits per heavy atom. The number of allylic oxidation sites excluding steroid dienone is 1. The van der Waals surface area contributed by atoms with Gasteiger partial charge in [-0.25, -0.2) is 4.98 Å². The Morgan fingerprint density at radius 3 is 2.85 bits per heavy atom. The summed E-state index contributed by atoms with van der Waals surface area (Å²) in [5, 5.41) is 0.907. The van der Waals surface area contributed by atoms with E-state index in [0.29, 0.717) is 16.4 Å². The Hall–Kier alpha value is -1.84. The van der Waals surface area contributed by atoms with Crippen molar-refractivity contribution in [3.63, 3.8) is 0 Å². The van der Waals surface area contributed by atoms with E-state index in [1.165, 1.54) is 6.20 Å². The number of hydrogen-bond acceptors (Lipinski definition) is 3. The van der Waals surface area contributed by atoms with Gasteiger partial charge < -0.3 is 10.7 Å². The van der Waals surface area contributed by atoms with Gasteiger partial charge in [-0.15, -0.1) is 0 Å². The van der Waals surface area contributed by atoms with Crippen LogP contribution >= 0.6 is 0 Å². The summed E-state index contributed by atoms with van der Waals surface area (Å²) in [6.07, 6.45) is 4.44. The minimum absolute atomic E-state index is 0.233. The largest absolute Gasteiger partial charge is 0.404 e. The highest BCUT2D eigenvalue weighted by atomic mass is 16.1. The first-order valence-corrected chi connectivity index (χ1v) is 3.80. The highest BCUT2D eigenvalue weighted by Crippen LogP contribution is 1.69. The average molecular weight is 177 g/mol. The van der Waals surface area contributed by atoms with Gasteiger partial charge in [0.25, 0.3) is 5.56 Å². The van der Waals surface area contributed by atoms with Crippen molar-refractivity contribution in [3.05, 3.63) is 39.4 Å². The van der Waals surface area contributed by atoms with Crippen molar-refractivity contribution in [1.29, 1.82) is 0 Å². The minimum Gasteiger partial charge on any atom is -0.404 e. The number of aryl methyl sites for hydroxylation is 1. The van der Waals surface area contributed by atoms with Gasteiger partial charge in [0, 0.05) is 6.20 Å². The topological polar surface area (TPSA) is 71.8 Å². The molecule has 4 nitrogen and oxygen atoms in total. The molecule has 0 saturated heterocycles. The molecule has 0 unspecified atom stereocenters. The second-order valence-electron chi connectivity index (χ2n) is 2.52. The standard InChI is InChI=1S/C9H11N3O/c1-3-4-8-7(5-10)9(13)12-6(2)11-8/h3-5H,1,10H2,2H3,(H,11,12,13)/b7-5+,8-4+. The maximum Gasteiger partial charge on any atom is 0.260 e. The van der Waals surface area contributed by atoms with Crippen LogP contribution in [0.1, 0.15) is 5.82 Å². The van der Waals surface area contributed by atoms with E-state index in [9.17, 15) is 4.79 Å². The van der Waals surface area contributed by atoms with Crippen molar-refractivity contribution >= 4 is 12.3 Å². The van der Waals surface area contributed by atoms with Crippen molar-refractivity contribution in [1.82, 2.24) is 9.97 Å². The van der Waals surface area contributed by atoms with Gasteiger partial charge in [-0.1, -0.05) is 12.7 Å². The number of aromatic amines is 1. The fraction of sp³-hybridized carbons (Fsp3) is 0.111. The molecule has 0 atom stereocenters. The van der Waals surface area contributed by atoms with Crippen LogP contribution in [0.15, 0.2) is 17.4 Å². The van der Waals surface area contributed by atoms with Gasteiger partial charge in [0.1, 0.15) is 5.82 Å². The molecule has 1 rings (SSSR count). The molecule has 68 valence electrons. The second kappa shape index (κ2) is 3.71. The molecule has 0 aromatic carbocycles. The van der Waals surface area contributed by atoms with Crippen molar-refractivity contribution < 1.29 is 0 Å². The van der Waals surface area contributed by atoms with Gasteiger partial charge in [0.05, 0.1) is 10.6 Å². The van der Waals surface area contributed by atoms with Crippen molar-refractivity contribution in [3.8, 4) is 0 Å². The number of aromatic nitrogens is 2. The summed E-state index contributed by atoms with van der Waals surface area (Å²) < 4.78 is 0. The van der Waals surface area contributed by atoms with E-state index in [1.54, 1.807) is 19.1 Å². The second-order valence-corrected chi connectivity index (χ2v) is 2.52. The Labute approximate surface area is 75.1 Å². The minimum atomic E-state index is -0.233. The van der Waals surface area contributed by atoms with E-state index >= 15 is 0 Å². The molecule has 0 amide bonds. The van der Waals surface area contributed by atoms with E-state index in [4.69, 9.17) is 5.73 Å². The monoisotopic (exact) mass is 177 g/mol. The summed E-state index contributed by atoms with van der Waals surface area (Å²) >= 11 is 0. The van der Waals surface area contributed by atoms with E-state index in [-0.39, 0.29) is 5.56 Å². The van der Waals surface area contributed by atoms with Crippen LogP contribution in [0, 0.1) is 6.92 Å². The molecule has 0 aliphatic rings. The Bertz CT molecular complexity index is 485. The summed E-state index contributed by atoms with van der Waals surface area (Å²) in [4.78, 5) is 18.0. The number of H-pyrrole nitrogens is 1. The Kier molecular flexibility index (Phi) is 2.64. The van der Waals surface area contributed by atoms with Gasteiger partial charge >= 0.3 is 0 Å². The molecule has 0 radical (unpaired) electrons. The lowest BCUT2D eigenvalue weighted by molar-refractivity contribution is 0.972. The number of nitrogens with one attached hydrogen (secondary N) is 1. The normalized spacial score (nSPS) is 13.3. The van der Waals surface area contributed by atoms with Crippen LogP contribution < -0.4 is 21.9 Å². The number of nitrogens with two attached hydrogens (primary N) is 1. The molecule has 0 aliphatic heterocycles. The molecule has 1 aromatic rings. The molecule has 1 heterocycles. The highest BCUT2D eigenvalue weighted by molar-refractivity contribution is 5.34. The molecule has 0 fully saturated rings. The van der Waals surface area contributed by atoms with Crippen LogP contribution in [0.5, 0.6) is 0 Å². The van der Waals surface area contributed by atoms with E-state index < -0.39 is 0 Å². The van der Waals surface area contributed by atoms with Crippen molar-refractivity contribution in [2.45, 2.75) is 6.92 Å². The summed E-state index contributed by atoms with van der Waals surface area (Å²) in [6.45, 7) is 5.24. The molecule has 4 heteroatoms. The molecule has 3 N–H and O–H groups in total. The zero-order valence-corrected chi connectivity index (χ0v) is 7.37. The van der Waals surface area contributed by atoms with Crippen LogP contribution in [-0.2, 0) is 0 Å². The lowest BCUT2D eigenvalue weighted by Gasteiger charge is -1.91. The molecule has 0 saturated carbocycles. The summed E-state index contributed by atoms with van der Waals surface area (Å²) in [6, 6.07) is 0. The summed E-state index contributed by atoms with van der Waals surface area (Å²) in [5.74, 6) is 0.559. The molecule has 0 spiro atoms. The predicted octanol–water partition coefficient (Wildman–Crippen LogP) is -1.26. The fourth-order valence-corrected chi connectivity index (χ4v) is 1.02. The summed E-state index contributed by atoms with van der Waals surface area (Å²) in [7, 11) is 0. The fourth-order valence-electron chi connectivity index (χ4n) is 1.02. The lowest BCUT2D eigenvalue weighted by atomic mass is 10.4. The first-order chi connectivity index (χ1) is 6.19. The van der Waals surface area contributed by atoms with Crippen LogP contribution in [0.25, 0.3) is 12.3 Å². The van der Waals surface area contributed by atoms with Crippen molar-refractivity contribution in [2.75, 3.05) is 0 Å². The van der Waals surface area contributed by atoms with Crippen molar-refractivity contribution in [2.24, 2.45) is 5.73 Å². The van der Waals surface area contributed by atoms with E-state index in [1.807, 2.05) is 0 Å². The number of rotatable bonds is 1. The Morgan fingerprint density at radius 2 is 2.31 bits per heavy atom.